The van der Waals surface area contributed by atoms with E-state index in [0.717, 1.165) is 17.2 Å². The normalized spacial score (nSPS) is 10.4. The third-order valence-corrected chi connectivity index (χ3v) is 3.53. The first-order valence-electron chi connectivity index (χ1n) is 5.90. The molecule has 0 aromatic carbocycles. The maximum atomic E-state index is 8.66. The maximum absolute atomic E-state index is 8.66. The van der Waals surface area contributed by atoms with E-state index in [1.54, 1.807) is 11.3 Å². The van der Waals surface area contributed by atoms with Gasteiger partial charge in [-0.3, -0.25) is 0 Å². The molecule has 2 aromatic heterocycles. The van der Waals surface area contributed by atoms with Crippen LogP contribution >= 0.6 is 11.3 Å². The summed E-state index contributed by atoms with van der Waals surface area (Å²) in [6, 6.07) is 4.07. The number of hydrogen-bond acceptors (Lipinski definition) is 3. The van der Waals surface area contributed by atoms with E-state index in [1.165, 1.54) is 4.88 Å². The standard InChI is InChI=1S/C14H16N2OS/c1-11(2)14-15-7-8-16(14)10-13-6-5-12(18-13)4-3-9-17/h5-8,11,17H,9-10H2,1-2H3. The van der Waals surface area contributed by atoms with Crippen molar-refractivity contribution in [3.63, 3.8) is 0 Å². The van der Waals surface area contributed by atoms with Crippen molar-refractivity contribution in [3.05, 3.63) is 40.1 Å². The zero-order chi connectivity index (χ0) is 13.0. The SMILES string of the molecule is CC(C)c1nccn1Cc1ccc(C#CCO)s1. The molecule has 0 saturated heterocycles. The quantitative estimate of drug-likeness (QED) is 0.861. The fourth-order valence-electron chi connectivity index (χ4n) is 1.78. The summed E-state index contributed by atoms with van der Waals surface area (Å²) in [6.45, 7) is 5.03. The minimum Gasteiger partial charge on any atom is -0.384 e. The molecule has 0 amide bonds. The Morgan fingerprint density at radius 3 is 3.00 bits per heavy atom. The fraction of sp³-hybridized carbons (Fsp3) is 0.357. The van der Waals surface area contributed by atoms with Gasteiger partial charge in [0.2, 0.25) is 0 Å². The molecule has 0 saturated carbocycles. The number of imidazole rings is 1. The predicted molar refractivity (Wildman–Crippen MR) is 73.7 cm³/mol. The van der Waals surface area contributed by atoms with Crippen molar-refractivity contribution < 1.29 is 5.11 Å². The summed E-state index contributed by atoms with van der Waals surface area (Å²) in [5.74, 6) is 7.12. The Kier molecular flexibility index (Phi) is 4.19. The van der Waals surface area contributed by atoms with Gasteiger partial charge in [0.15, 0.2) is 0 Å². The highest BCUT2D eigenvalue weighted by Gasteiger charge is 2.08. The number of aliphatic hydroxyl groups is 1. The van der Waals surface area contributed by atoms with Crippen LogP contribution in [0, 0.1) is 11.8 Å². The highest BCUT2D eigenvalue weighted by molar-refractivity contribution is 7.12. The van der Waals surface area contributed by atoms with E-state index in [-0.39, 0.29) is 6.61 Å². The van der Waals surface area contributed by atoms with Crippen LogP contribution in [-0.2, 0) is 6.54 Å². The van der Waals surface area contributed by atoms with E-state index in [0.29, 0.717) is 5.92 Å². The second kappa shape index (κ2) is 5.85. The molecule has 1 N–H and O–H groups in total. The lowest BCUT2D eigenvalue weighted by molar-refractivity contribution is 0.350. The van der Waals surface area contributed by atoms with Crippen LogP contribution in [0.3, 0.4) is 0 Å². The minimum absolute atomic E-state index is 0.0910. The summed E-state index contributed by atoms with van der Waals surface area (Å²) in [6.07, 6.45) is 3.85. The highest BCUT2D eigenvalue weighted by atomic mass is 32.1. The van der Waals surface area contributed by atoms with E-state index in [2.05, 4.69) is 41.3 Å². The van der Waals surface area contributed by atoms with Gasteiger partial charge in [-0.1, -0.05) is 25.7 Å². The molecule has 0 bridgehead atoms. The Bertz CT molecular complexity index is 572. The molecule has 0 fully saturated rings. The van der Waals surface area contributed by atoms with E-state index >= 15 is 0 Å². The van der Waals surface area contributed by atoms with Gasteiger partial charge in [-0.15, -0.1) is 11.3 Å². The van der Waals surface area contributed by atoms with Gasteiger partial charge in [-0.2, -0.15) is 0 Å². The summed E-state index contributed by atoms with van der Waals surface area (Å²) in [7, 11) is 0. The molecule has 0 atom stereocenters. The number of thiophene rings is 1. The van der Waals surface area contributed by atoms with Gasteiger partial charge >= 0.3 is 0 Å². The molecule has 0 radical (unpaired) electrons. The van der Waals surface area contributed by atoms with Crippen molar-refractivity contribution in [3.8, 4) is 11.8 Å². The molecule has 2 rings (SSSR count). The number of aliphatic hydroxyl groups excluding tert-OH is 1. The molecular formula is C14H16N2OS. The zero-order valence-corrected chi connectivity index (χ0v) is 11.4. The number of rotatable bonds is 3. The van der Waals surface area contributed by atoms with Gasteiger partial charge in [0, 0.05) is 23.2 Å². The Morgan fingerprint density at radius 2 is 2.28 bits per heavy atom. The van der Waals surface area contributed by atoms with Crippen LogP contribution in [0.15, 0.2) is 24.5 Å². The first kappa shape index (κ1) is 12.9. The van der Waals surface area contributed by atoms with Gasteiger partial charge in [0.1, 0.15) is 12.4 Å². The molecule has 2 aromatic rings. The smallest absolute Gasteiger partial charge is 0.111 e. The summed E-state index contributed by atoms with van der Waals surface area (Å²) >= 11 is 1.66. The second-order valence-electron chi connectivity index (χ2n) is 4.29. The lowest BCUT2D eigenvalue weighted by Crippen LogP contribution is -2.04. The van der Waals surface area contributed by atoms with Crippen molar-refractivity contribution in [2.45, 2.75) is 26.3 Å². The van der Waals surface area contributed by atoms with Crippen molar-refractivity contribution in [1.82, 2.24) is 9.55 Å². The van der Waals surface area contributed by atoms with Crippen molar-refractivity contribution in [2.24, 2.45) is 0 Å². The van der Waals surface area contributed by atoms with Crippen LogP contribution in [0.2, 0.25) is 0 Å². The predicted octanol–water partition coefficient (Wildman–Crippen LogP) is 2.46. The monoisotopic (exact) mass is 260 g/mol. The first-order valence-corrected chi connectivity index (χ1v) is 6.72. The van der Waals surface area contributed by atoms with Crippen molar-refractivity contribution in [2.75, 3.05) is 6.61 Å². The lowest BCUT2D eigenvalue weighted by atomic mass is 10.2. The average molecular weight is 260 g/mol. The van der Waals surface area contributed by atoms with Gasteiger partial charge in [-0.05, 0) is 12.1 Å². The minimum atomic E-state index is -0.0910. The molecule has 0 unspecified atom stereocenters. The van der Waals surface area contributed by atoms with Gasteiger partial charge in [0.25, 0.3) is 0 Å². The van der Waals surface area contributed by atoms with Crippen LogP contribution in [0.1, 0.15) is 35.3 Å². The molecule has 0 aliphatic rings. The third kappa shape index (κ3) is 3.00. The summed E-state index contributed by atoms with van der Waals surface area (Å²) < 4.78 is 2.17. The summed E-state index contributed by atoms with van der Waals surface area (Å²) in [5.41, 5.74) is 0. The Hall–Kier alpha value is -1.57. The summed E-state index contributed by atoms with van der Waals surface area (Å²) in [5, 5.41) is 8.66. The van der Waals surface area contributed by atoms with Crippen molar-refractivity contribution >= 4 is 11.3 Å². The molecule has 0 aliphatic carbocycles. The molecule has 0 aliphatic heterocycles. The van der Waals surface area contributed by atoms with E-state index in [1.807, 2.05) is 18.5 Å². The van der Waals surface area contributed by atoms with Gasteiger partial charge < -0.3 is 9.67 Å². The Labute approximate surface area is 111 Å². The van der Waals surface area contributed by atoms with Gasteiger partial charge in [-0.25, -0.2) is 4.98 Å². The largest absolute Gasteiger partial charge is 0.384 e. The van der Waals surface area contributed by atoms with Gasteiger partial charge in [0.05, 0.1) is 11.4 Å². The molecule has 2 heterocycles. The molecular weight excluding hydrogens is 244 g/mol. The molecule has 4 heteroatoms. The molecule has 94 valence electrons. The Morgan fingerprint density at radius 1 is 1.44 bits per heavy atom. The van der Waals surface area contributed by atoms with E-state index in [4.69, 9.17) is 5.11 Å². The lowest BCUT2D eigenvalue weighted by Gasteiger charge is -2.08. The van der Waals surface area contributed by atoms with E-state index < -0.39 is 0 Å². The van der Waals surface area contributed by atoms with Crippen LogP contribution in [-0.4, -0.2) is 21.3 Å². The third-order valence-electron chi connectivity index (χ3n) is 2.54. The first-order chi connectivity index (χ1) is 8.70. The number of nitrogens with zero attached hydrogens (tertiary/aromatic N) is 2. The van der Waals surface area contributed by atoms with Crippen LogP contribution in [0.5, 0.6) is 0 Å². The number of hydrogen-bond donors (Lipinski definition) is 1. The average Bonchev–Trinajstić information content (AvgIpc) is 2.96. The molecule has 18 heavy (non-hydrogen) atoms. The molecule has 0 spiro atoms. The maximum Gasteiger partial charge on any atom is 0.111 e. The Balaban J connectivity index is 2.14. The second-order valence-corrected chi connectivity index (χ2v) is 5.46. The fourth-order valence-corrected chi connectivity index (χ4v) is 2.66. The summed E-state index contributed by atoms with van der Waals surface area (Å²) in [4.78, 5) is 6.61. The zero-order valence-electron chi connectivity index (χ0n) is 10.6. The topological polar surface area (TPSA) is 38.0 Å². The van der Waals surface area contributed by atoms with Crippen LogP contribution < -0.4 is 0 Å². The highest BCUT2D eigenvalue weighted by Crippen LogP contribution is 2.19. The van der Waals surface area contributed by atoms with Crippen LogP contribution in [0.4, 0.5) is 0 Å². The molecule has 3 nitrogen and oxygen atoms in total. The van der Waals surface area contributed by atoms with Crippen molar-refractivity contribution in [1.29, 1.82) is 0 Å². The van der Waals surface area contributed by atoms with E-state index in [9.17, 15) is 0 Å². The van der Waals surface area contributed by atoms with Crippen LogP contribution in [0.25, 0.3) is 0 Å². The number of aromatic nitrogens is 2.